The van der Waals surface area contributed by atoms with Crippen molar-refractivity contribution in [1.29, 1.82) is 0 Å². The molecule has 2 heteroatoms. The Labute approximate surface area is 181 Å². The van der Waals surface area contributed by atoms with Gasteiger partial charge in [-0.15, -0.1) is 0 Å². The molecule has 1 rings (SSSR count). The summed E-state index contributed by atoms with van der Waals surface area (Å²) in [6, 6.07) is 3.39. The zero-order chi connectivity index (χ0) is 21.8. The van der Waals surface area contributed by atoms with Gasteiger partial charge in [-0.1, -0.05) is 92.4 Å². The van der Waals surface area contributed by atoms with Gasteiger partial charge in [0.05, 0.1) is 0 Å². The first-order valence-electron chi connectivity index (χ1n) is 12.2. The lowest BCUT2D eigenvalue weighted by Gasteiger charge is -2.16. The van der Waals surface area contributed by atoms with Crippen molar-refractivity contribution < 1.29 is 10.2 Å². The van der Waals surface area contributed by atoms with Crippen LogP contribution in [0.3, 0.4) is 0 Å². The normalized spacial score (nSPS) is 14.9. The van der Waals surface area contributed by atoms with Crippen molar-refractivity contribution in [2.75, 3.05) is 0 Å². The second-order valence-corrected chi connectivity index (χ2v) is 10.3. The molecule has 0 aromatic heterocycles. The van der Waals surface area contributed by atoms with E-state index in [0.29, 0.717) is 5.92 Å². The van der Waals surface area contributed by atoms with Crippen molar-refractivity contribution in [3.05, 3.63) is 23.3 Å². The Morgan fingerprint density at radius 1 is 0.621 bits per heavy atom. The predicted molar refractivity (Wildman–Crippen MR) is 127 cm³/mol. The van der Waals surface area contributed by atoms with Gasteiger partial charge in [0.15, 0.2) is 11.5 Å². The summed E-state index contributed by atoms with van der Waals surface area (Å²) in [5.74, 6) is 3.28. The van der Waals surface area contributed by atoms with Crippen LogP contribution in [0.1, 0.15) is 110 Å². The molecule has 2 nitrogen and oxygen atoms in total. The van der Waals surface area contributed by atoms with Gasteiger partial charge in [-0.25, -0.2) is 0 Å². The van der Waals surface area contributed by atoms with Crippen molar-refractivity contribution >= 4 is 0 Å². The van der Waals surface area contributed by atoms with Crippen LogP contribution in [0.25, 0.3) is 0 Å². The highest BCUT2D eigenvalue weighted by atomic mass is 16.3. The molecule has 1 aromatic carbocycles. The van der Waals surface area contributed by atoms with E-state index in [4.69, 9.17) is 0 Å². The number of benzene rings is 1. The summed E-state index contributed by atoms with van der Waals surface area (Å²) < 4.78 is 0. The minimum absolute atomic E-state index is 0.00122. The highest BCUT2D eigenvalue weighted by Crippen LogP contribution is 2.29. The summed E-state index contributed by atoms with van der Waals surface area (Å²) in [7, 11) is 0. The first kappa shape index (κ1) is 25.9. The molecular formula is C27H48O2. The number of hydrogen-bond acceptors (Lipinski definition) is 2. The molecule has 3 unspecified atom stereocenters. The lowest BCUT2D eigenvalue weighted by Crippen LogP contribution is -2.02. The van der Waals surface area contributed by atoms with Crippen LogP contribution in [0.4, 0.5) is 0 Å². The molecule has 1 aromatic rings. The molecule has 0 amide bonds. The number of hydrogen-bond donors (Lipinski definition) is 2. The largest absolute Gasteiger partial charge is 0.504 e. The van der Waals surface area contributed by atoms with Crippen molar-refractivity contribution in [1.82, 2.24) is 0 Å². The molecule has 0 fully saturated rings. The second kappa shape index (κ2) is 13.9. The van der Waals surface area contributed by atoms with Gasteiger partial charge in [-0.2, -0.15) is 0 Å². The maximum atomic E-state index is 9.71. The van der Waals surface area contributed by atoms with Gasteiger partial charge in [-0.05, 0) is 66.7 Å². The van der Waals surface area contributed by atoms with Gasteiger partial charge in [0.25, 0.3) is 0 Å². The third kappa shape index (κ3) is 11.6. The Morgan fingerprint density at radius 2 is 1.03 bits per heavy atom. The monoisotopic (exact) mass is 404 g/mol. The SMILES string of the molecule is Cc1cc(O)c(O)cc1CCC(C)CCCC(C)CCCC(C)CCCC(C)C. The van der Waals surface area contributed by atoms with Gasteiger partial charge >= 0.3 is 0 Å². The van der Waals surface area contributed by atoms with Crippen LogP contribution in [-0.2, 0) is 6.42 Å². The standard InChI is InChI=1S/C27H48O2/c1-20(2)10-7-11-21(3)12-8-13-22(4)14-9-15-23(5)16-17-25-19-27(29)26(28)18-24(25)6/h18-23,28-29H,7-17H2,1-6H3. The van der Waals surface area contributed by atoms with Crippen LogP contribution in [0.2, 0.25) is 0 Å². The molecule has 3 atom stereocenters. The molecule has 0 spiro atoms. The van der Waals surface area contributed by atoms with E-state index in [1.165, 1.54) is 57.8 Å². The minimum atomic E-state index is -0.0155. The fourth-order valence-electron chi connectivity index (χ4n) is 4.33. The average molecular weight is 405 g/mol. The fourth-order valence-corrected chi connectivity index (χ4v) is 4.33. The Hall–Kier alpha value is -1.18. The number of phenols is 2. The molecule has 0 aliphatic carbocycles. The quantitative estimate of drug-likeness (QED) is 0.288. The van der Waals surface area contributed by atoms with Crippen molar-refractivity contribution in [2.45, 2.75) is 112 Å². The summed E-state index contributed by atoms with van der Waals surface area (Å²) in [5, 5.41) is 19.3. The van der Waals surface area contributed by atoms with Crippen molar-refractivity contribution in [3.8, 4) is 11.5 Å². The zero-order valence-electron chi connectivity index (χ0n) is 20.1. The first-order valence-corrected chi connectivity index (χ1v) is 12.2. The topological polar surface area (TPSA) is 40.5 Å². The fraction of sp³-hybridized carbons (Fsp3) is 0.778. The van der Waals surface area contributed by atoms with Crippen LogP contribution in [0.5, 0.6) is 11.5 Å². The molecule has 168 valence electrons. The molecule has 0 radical (unpaired) electrons. The smallest absolute Gasteiger partial charge is 0.157 e. The predicted octanol–water partition coefficient (Wildman–Crippen LogP) is 8.41. The molecule has 0 bridgehead atoms. The first-order chi connectivity index (χ1) is 13.7. The molecule has 0 heterocycles. The molecule has 2 N–H and O–H groups in total. The van der Waals surface area contributed by atoms with Gasteiger partial charge < -0.3 is 10.2 Å². The van der Waals surface area contributed by atoms with Crippen LogP contribution >= 0.6 is 0 Å². The van der Waals surface area contributed by atoms with Crippen LogP contribution in [0, 0.1) is 30.6 Å². The summed E-state index contributed by atoms with van der Waals surface area (Å²) in [6.07, 6.45) is 14.5. The van der Waals surface area contributed by atoms with Gasteiger partial charge in [0.1, 0.15) is 0 Å². The number of rotatable bonds is 15. The highest BCUT2D eigenvalue weighted by Gasteiger charge is 2.10. The average Bonchev–Trinajstić information content (AvgIpc) is 2.63. The van der Waals surface area contributed by atoms with E-state index in [-0.39, 0.29) is 11.5 Å². The van der Waals surface area contributed by atoms with Gasteiger partial charge in [-0.3, -0.25) is 0 Å². The molecule has 0 saturated heterocycles. The molecule has 0 aliphatic rings. The van der Waals surface area contributed by atoms with Gasteiger partial charge in [0, 0.05) is 0 Å². The molecule has 29 heavy (non-hydrogen) atoms. The summed E-state index contributed by atoms with van der Waals surface area (Å²) in [6.45, 7) is 13.9. The van der Waals surface area contributed by atoms with E-state index in [2.05, 4.69) is 34.6 Å². The van der Waals surface area contributed by atoms with Crippen molar-refractivity contribution in [3.63, 3.8) is 0 Å². The van der Waals surface area contributed by atoms with Crippen molar-refractivity contribution in [2.24, 2.45) is 23.7 Å². The summed E-state index contributed by atoms with van der Waals surface area (Å²) in [5.41, 5.74) is 2.22. The lowest BCUT2D eigenvalue weighted by molar-refractivity contribution is 0.374. The third-order valence-electron chi connectivity index (χ3n) is 6.61. The van der Waals surface area contributed by atoms with Gasteiger partial charge in [0.2, 0.25) is 0 Å². The molecule has 0 saturated carbocycles. The summed E-state index contributed by atoms with van der Waals surface area (Å²) >= 11 is 0. The Balaban J connectivity index is 2.13. The van der Waals surface area contributed by atoms with E-state index in [1.807, 2.05) is 6.92 Å². The Bertz CT molecular complexity index is 564. The van der Waals surface area contributed by atoms with Crippen LogP contribution < -0.4 is 0 Å². The highest BCUT2D eigenvalue weighted by molar-refractivity contribution is 5.45. The number of aryl methyl sites for hydroxylation is 2. The molecule has 0 aliphatic heterocycles. The lowest BCUT2D eigenvalue weighted by atomic mass is 9.90. The van der Waals surface area contributed by atoms with E-state index in [1.54, 1.807) is 12.1 Å². The van der Waals surface area contributed by atoms with E-state index < -0.39 is 0 Å². The Kier molecular flexibility index (Phi) is 12.4. The maximum absolute atomic E-state index is 9.71. The Morgan fingerprint density at radius 3 is 1.52 bits per heavy atom. The third-order valence-corrected chi connectivity index (χ3v) is 6.61. The second-order valence-electron chi connectivity index (χ2n) is 10.3. The minimum Gasteiger partial charge on any atom is -0.504 e. The van der Waals surface area contributed by atoms with Crippen LogP contribution in [-0.4, -0.2) is 10.2 Å². The molecular weight excluding hydrogens is 356 g/mol. The van der Waals surface area contributed by atoms with E-state index >= 15 is 0 Å². The number of aromatic hydroxyl groups is 2. The number of phenolic OH excluding ortho intramolecular Hbond substituents is 2. The van der Waals surface area contributed by atoms with E-state index in [9.17, 15) is 10.2 Å². The zero-order valence-corrected chi connectivity index (χ0v) is 20.1. The summed E-state index contributed by atoms with van der Waals surface area (Å²) in [4.78, 5) is 0. The van der Waals surface area contributed by atoms with E-state index in [0.717, 1.165) is 41.7 Å². The van der Waals surface area contributed by atoms with Crippen LogP contribution in [0.15, 0.2) is 12.1 Å². The maximum Gasteiger partial charge on any atom is 0.157 e.